The second kappa shape index (κ2) is 5.12. The number of nitrogens with zero attached hydrogens (tertiary/aromatic N) is 1. The van der Waals surface area contributed by atoms with E-state index in [0.29, 0.717) is 17.5 Å². The van der Waals surface area contributed by atoms with E-state index in [2.05, 4.69) is 6.07 Å². The van der Waals surface area contributed by atoms with Crippen molar-refractivity contribution in [1.82, 2.24) is 0 Å². The topological polar surface area (TPSA) is 50.1 Å². The van der Waals surface area contributed by atoms with Gasteiger partial charge in [-0.05, 0) is 46.7 Å². The van der Waals surface area contributed by atoms with E-state index in [1.807, 2.05) is 29.5 Å². The average molecular weight is 315 g/mol. The smallest absolute Gasteiger partial charge is 0.339 e. The van der Waals surface area contributed by atoms with Crippen molar-refractivity contribution in [2.75, 3.05) is 7.11 Å². The van der Waals surface area contributed by atoms with Crippen LogP contribution in [0.15, 0.2) is 12.1 Å². The Morgan fingerprint density at radius 2 is 2.27 bits per heavy atom. The van der Waals surface area contributed by atoms with Crippen molar-refractivity contribution in [3.8, 4) is 6.07 Å². The molecule has 1 rings (SSSR count). The van der Waals surface area contributed by atoms with Gasteiger partial charge < -0.3 is 4.74 Å². The predicted octanol–water partition coefficient (Wildman–Crippen LogP) is 2.51. The summed E-state index contributed by atoms with van der Waals surface area (Å²) in [4.78, 5) is 11.5. The molecule has 0 heterocycles. The third-order valence-corrected chi connectivity index (χ3v) is 2.92. The molecule has 0 amide bonds. The highest BCUT2D eigenvalue weighted by Crippen LogP contribution is 2.21. The van der Waals surface area contributed by atoms with E-state index in [4.69, 9.17) is 10.00 Å². The summed E-state index contributed by atoms with van der Waals surface area (Å²) in [7, 11) is 1.36. The molecule has 0 spiro atoms. The maximum absolute atomic E-state index is 11.5. The molecule has 3 nitrogen and oxygen atoms in total. The van der Waals surface area contributed by atoms with Gasteiger partial charge in [0.05, 0.1) is 24.3 Å². The van der Waals surface area contributed by atoms with Gasteiger partial charge in [-0.25, -0.2) is 4.79 Å². The van der Waals surface area contributed by atoms with Crippen LogP contribution in [0.2, 0.25) is 0 Å². The summed E-state index contributed by atoms with van der Waals surface area (Å²) >= 11 is 2.04. The van der Waals surface area contributed by atoms with Crippen LogP contribution in [0.1, 0.15) is 28.4 Å². The number of ether oxygens (including phenoxy) is 1. The summed E-state index contributed by atoms with van der Waals surface area (Å²) in [6, 6.07) is 5.49. The third-order valence-electron chi connectivity index (χ3n) is 2.07. The highest BCUT2D eigenvalue weighted by molar-refractivity contribution is 14.1. The van der Waals surface area contributed by atoms with Crippen LogP contribution in [0.3, 0.4) is 0 Å². The summed E-state index contributed by atoms with van der Waals surface area (Å²) in [5, 5.41) is 8.80. The van der Waals surface area contributed by atoms with Gasteiger partial charge in [-0.3, -0.25) is 0 Å². The lowest BCUT2D eigenvalue weighted by molar-refractivity contribution is 0.0598. The highest BCUT2D eigenvalue weighted by atomic mass is 127. The number of esters is 1. The fourth-order valence-electron chi connectivity index (χ4n) is 1.34. The molecule has 1 aromatic rings. The molecule has 0 aliphatic carbocycles. The number of halogens is 1. The Kier molecular flexibility index (Phi) is 4.09. The molecule has 15 heavy (non-hydrogen) atoms. The Morgan fingerprint density at radius 3 is 2.73 bits per heavy atom. The number of hydrogen-bond acceptors (Lipinski definition) is 3. The van der Waals surface area contributed by atoms with Gasteiger partial charge in [-0.1, -0.05) is 6.92 Å². The van der Waals surface area contributed by atoms with Gasteiger partial charge in [0.1, 0.15) is 0 Å². The summed E-state index contributed by atoms with van der Waals surface area (Å²) in [5.74, 6) is -0.347. The number of benzene rings is 1. The van der Waals surface area contributed by atoms with E-state index < -0.39 is 0 Å². The zero-order valence-electron chi connectivity index (χ0n) is 8.50. The van der Waals surface area contributed by atoms with E-state index >= 15 is 0 Å². The van der Waals surface area contributed by atoms with E-state index in [9.17, 15) is 4.79 Å². The van der Waals surface area contributed by atoms with Crippen molar-refractivity contribution in [2.24, 2.45) is 0 Å². The van der Waals surface area contributed by atoms with Gasteiger partial charge in [0.15, 0.2) is 0 Å². The van der Waals surface area contributed by atoms with Crippen molar-refractivity contribution in [2.45, 2.75) is 13.3 Å². The number of rotatable bonds is 2. The van der Waals surface area contributed by atoms with E-state index in [-0.39, 0.29) is 5.97 Å². The molecule has 0 aromatic heterocycles. The van der Waals surface area contributed by atoms with Crippen LogP contribution in [0, 0.1) is 14.9 Å². The van der Waals surface area contributed by atoms with Crippen molar-refractivity contribution in [3.05, 3.63) is 32.4 Å². The van der Waals surface area contributed by atoms with E-state index in [1.165, 1.54) is 7.11 Å². The first-order valence-corrected chi connectivity index (χ1v) is 5.52. The molecule has 0 aliphatic heterocycles. The maximum Gasteiger partial charge on any atom is 0.339 e. The Morgan fingerprint density at radius 1 is 1.60 bits per heavy atom. The zero-order chi connectivity index (χ0) is 11.4. The molecule has 0 unspecified atom stereocenters. The molecule has 1 aromatic carbocycles. The highest BCUT2D eigenvalue weighted by Gasteiger charge is 2.15. The molecule has 0 fully saturated rings. The molecule has 0 saturated carbocycles. The molecule has 0 radical (unpaired) electrons. The lowest BCUT2D eigenvalue weighted by Gasteiger charge is -2.08. The number of carbonyl (C=O) groups excluding carboxylic acids is 1. The fourth-order valence-corrected chi connectivity index (χ4v) is 2.24. The fraction of sp³-hybridized carbons (Fsp3) is 0.273. The van der Waals surface area contributed by atoms with Crippen molar-refractivity contribution < 1.29 is 9.53 Å². The molecular formula is C11H10INO2. The largest absolute Gasteiger partial charge is 0.465 e. The number of aryl methyl sites for hydroxylation is 1. The number of methoxy groups -OCH3 is 1. The SMILES string of the molecule is CCc1cc(C#N)cc(I)c1C(=O)OC. The first kappa shape index (κ1) is 12.0. The number of nitriles is 1. The monoisotopic (exact) mass is 315 g/mol. The lowest BCUT2D eigenvalue weighted by Crippen LogP contribution is -2.08. The van der Waals surface area contributed by atoms with E-state index in [1.54, 1.807) is 12.1 Å². The Balaban J connectivity index is 3.39. The minimum atomic E-state index is -0.347. The number of carbonyl (C=O) groups is 1. The van der Waals surface area contributed by atoms with Crippen LogP contribution >= 0.6 is 22.6 Å². The summed E-state index contributed by atoms with van der Waals surface area (Å²) in [6.45, 7) is 1.94. The van der Waals surface area contributed by atoms with Gasteiger partial charge >= 0.3 is 5.97 Å². The van der Waals surface area contributed by atoms with Crippen LogP contribution in [-0.4, -0.2) is 13.1 Å². The van der Waals surface area contributed by atoms with Crippen LogP contribution in [0.4, 0.5) is 0 Å². The molecule has 0 aliphatic rings. The third kappa shape index (κ3) is 2.48. The zero-order valence-corrected chi connectivity index (χ0v) is 10.7. The Hall–Kier alpha value is -1.09. The first-order valence-electron chi connectivity index (χ1n) is 4.44. The van der Waals surface area contributed by atoms with Gasteiger partial charge in [0, 0.05) is 3.57 Å². The second-order valence-corrected chi connectivity index (χ2v) is 4.11. The molecule has 0 bridgehead atoms. The lowest BCUT2D eigenvalue weighted by atomic mass is 10.0. The minimum absolute atomic E-state index is 0.347. The van der Waals surface area contributed by atoms with Gasteiger partial charge in [0.25, 0.3) is 0 Å². The first-order chi connectivity index (χ1) is 7.13. The summed E-state index contributed by atoms with van der Waals surface area (Å²) < 4.78 is 5.47. The van der Waals surface area contributed by atoms with Gasteiger partial charge in [0.2, 0.25) is 0 Å². The molecule has 78 valence electrons. The Bertz CT molecular complexity index is 435. The molecule has 0 saturated heterocycles. The number of hydrogen-bond donors (Lipinski definition) is 0. The normalized spacial score (nSPS) is 9.47. The van der Waals surface area contributed by atoms with Crippen molar-refractivity contribution in [1.29, 1.82) is 5.26 Å². The molecule has 4 heteroatoms. The van der Waals surface area contributed by atoms with E-state index in [0.717, 1.165) is 9.13 Å². The quantitative estimate of drug-likeness (QED) is 0.622. The Labute approximate surface area is 102 Å². The summed E-state index contributed by atoms with van der Waals surface area (Å²) in [6.07, 6.45) is 0.704. The van der Waals surface area contributed by atoms with Crippen molar-refractivity contribution >= 4 is 28.6 Å². The minimum Gasteiger partial charge on any atom is -0.465 e. The summed E-state index contributed by atoms with van der Waals surface area (Å²) in [5.41, 5.74) is 1.99. The van der Waals surface area contributed by atoms with Crippen molar-refractivity contribution in [3.63, 3.8) is 0 Å². The van der Waals surface area contributed by atoms with Crippen LogP contribution < -0.4 is 0 Å². The van der Waals surface area contributed by atoms with Crippen LogP contribution in [0.5, 0.6) is 0 Å². The molecular weight excluding hydrogens is 305 g/mol. The second-order valence-electron chi connectivity index (χ2n) is 2.95. The molecule has 0 N–H and O–H groups in total. The van der Waals surface area contributed by atoms with Crippen LogP contribution in [-0.2, 0) is 11.2 Å². The van der Waals surface area contributed by atoms with Gasteiger partial charge in [-0.15, -0.1) is 0 Å². The predicted molar refractivity (Wildman–Crippen MR) is 64.6 cm³/mol. The molecule has 0 atom stereocenters. The maximum atomic E-state index is 11.5. The average Bonchev–Trinajstić information content (AvgIpc) is 2.26. The van der Waals surface area contributed by atoms with Gasteiger partial charge in [-0.2, -0.15) is 5.26 Å². The standard InChI is InChI=1S/C11H10INO2/c1-3-8-4-7(6-13)5-9(12)10(8)11(14)15-2/h4-5H,3H2,1-2H3. The van der Waals surface area contributed by atoms with Crippen LogP contribution in [0.25, 0.3) is 0 Å².